The average Bonchev–Trinajstić information content (AvgIpc) is 2.62. The highest BCUT2D eigenvalue weighted by molar-refractivity contribution is 5.88. The SMILES string of the molecule is Cc1ccc(C)c(CC(=O)N(Cc2ccccc2F)[C@@H](C)C(=O)NC(C)C)c1. The van der Waals surface area contributed by atoms with Crippen LogP contribution in [0, 0.1) is 19.7 Å². The summed E-state index contributed by atoms with van der Waals surface area (Å²) >= 11 is 0. The van der Waals surface area contributed by atoms with Crippen molar-refractivity contribution in [3.8, 4) is 0 Å². The summed E-state index contributed by atoms with van der Waals surface area (Å²) in [5.41, 5.74) is 3.39. The molecule has 0 aliphatic rings. The van der Waals surface area contributed by atoms with Gasteiger partial charge in [-0.1, -0.05) is 42.0 Å². The van der Waals surface area contributed by atoms with Gasteiger partial charge in [-0.25, -0.2) is 4.39 Å². The lowest BCUT2D eigenvalue weighted by Crippen LogP contribution is -2.49. The van der Waals surface area contributed by atoms with Crippen molar-refractivity contribution in [2.24, 2.45) is 0 Å². The number of rotatable bonds is 7. The van der Waals surface area contributed by atoms with Crippen molar-refractivity contribution < 1.29 is 14.0 Å². The minimum atomic E-state index is -0.709. The molecule has 0 aliphatic heterocycles. The minimum absolute atomic E-state index is 0.0422. The van der Waals surface area contributed by atoms with E-state index in [1.54, 1.807) is 25.1 Å². The van der Waals surface area contributed by atoms with Crippen molar-refractivity contribution in [3.05, 3.63) is 70.5 Å². The van der Waals surface area contributed by atoms with Gasteiger partial charge in [0.1, 0.15) is 11.9 Å². The Morgan fingerprint density at radius 3 is 2.36 bits per heavy atom. The summed E-state index contributed by atoms with van der Waals surface area (Å²) in [6, 6.07) is 11.5. The van der Waals surface area contributed by atoms with Gasteiger partial charge in [-0.3, -0.25) is 9.59 Å². The molecule has 0 aliphatic carbocycles. The zero-order valence-corrected chi connectivity index (χ0v) is 17.3. The first-order valence-electron chi connectivity index (χ1n) is 9.58. The zero-order valence-electron chi connectivity index (χ0n) is 17.3. The number of amides is 2. The van der Waals surface area contributed by atoms with Crippen LogP contribution >= 0.6 is 0 Å². The molecular formula is C23H29FN2O2. The van der Waals surface area contributed by atoms with Crippen LogP contribution in [0.3, 0.4) is 0 Å². The second-order valence-electron chi connectivity index (χ2n) is 7.56. The molecule has 0 bridgehead atoms. The molecule has 5 heteroatoms. The summed E-state index contributed by atoms with van der Waals surface area (Å²) in [5, 5.41) is 2.84. The highest BCUT2D eigenvalue weighted by Crippen LogP contribution is 2.17. The summed E-state index contributed by atoms with van der Waals surface area (Å²) in [5.74, 6) is -0.840. The molecule has 0 spiro atoms. The number of hydrogen-bond donors (Lipinski definition) is 1. The predicted octanol–water partition coefficient (Wildman–Crippen LogP) is 3.93. The topological polar surface area (TPSA) is 49.4 Å². The van der Waals surface area contributed by atoms with Gasteiger partial charge in [0.25, 0.3) is 0 Å². The Morgan fingerprint density at radius 1 is 1.04 bits per heavy atom. The first-order chi connectivity index (χ1) is 13.2. The highest BCUT2D eigenvalue weighted by Gasteiger charge is 2.27. The van der Waals surface area contributed by atoms with Crippen LogP contribution in [0.25, 0.3) is 0 Å². The molecule has 2 amide bonds. The van der Waals surface area contributed by atoms with Gasteiger partial charge < -0.3 is 10.2 Å². The number of halogens is 1. The van der Waals surface area contributed by atoms with E-state index in [-0.39, 0.29) is 36.6 Å². The first kappa shape index (κ1) is 21.6. The van der Waals surface area contributed by atoms with E-state index < -0.39 is 6.04 Å². The number of nitrogens with zero attached hydrogens (tertiary/aromatic N) is 1. The van der Waals surface area contributed by atoms with Crippen molar-refractivity contribution in [1.82, 2.24) is 10.2 Å². The molecule has 0 aromatic heterocycles. The summed E-state index contributed by atoms with van der Waals surface area (Å²) in [6.07, 6.45) is 0.168. The molecule has 0 unspecified atom stereocenters. The van der Waals surface area contributed by atoms with Gasteiger partial charge in [0.2, 0.25) is 11.8 Å². The molecule has 0 heterocycles. The fraction of sp³-hybridized carbons (Fsp3) is 0.391. The van der Waals surface area contributed by atoms with Crippen molar-refractivity contribution in [1.29, 1.82) is 0 Å². The number of benzene rings is 2. The molecule has 0 fully saturated rings. The maximum atomic E-state index is 14.2. The molecule has 1 atom stereocenters. The first-order valence-corrected chi connectivity index (χ1v) is 9.58. The maximum Gasteiger partial charge on any atom is 0.242 e. The monoisotopic (exact) mass is 384 g/mol. The molecule has 28 heavy (non-hydrogen) atoms. The van der Waals surface area contributed by atoms with Crippen LogP contribution in [-0.2, 0) is 22.6 Å². The summed E-state index contributed by atoms with van der Waals surface area (Å²) < 4.78 is 14.2. The van der Waals surface area contributed by atoms with E-state index in [9.17, 15) is 14.0 Å². The summed E-state index contributed by atoms with van der Waals surface area (Å²) in [6.45, 7) is 9.39. The second-order valence-corrected chi connectivity index (χ2v) is 7.56. The molecule has 4 nitrogen and oxygen atoms in total. The van der Waals surface area contributed by atoms with Crippen LogP contribution in [0.4, 0.5) is 4.39 Å². The van der Waals surface area contributed by atoms with Crippen molar-refractivity contribution in [2.45, 2.75) is 59.7 Å². The van der Waals surface area contributed by atoms with Gasteiger partial charge in [-0.2, -0.15) is 0 Å². The molecule has 2 aromatic carbocycles. The second kappa shape index (κ2) is 9.49. The highest BCUT2D eigenvalue weighted by atomic mass is 19.1. The fourth-order valence-corrected chi connectivity index (χ4v) is 3.05. The van der Waals surface area contributed by atoms with Gasteiger partial charge in [0.05, 0.1) is 6.42 Å². The number of carbonyl (C=O) groups is 2. The lowest BCUT2D eigenvalue weighted by atomic mass is 10.0. The maximum absolute atomic E-state index is 14.2. The summed E-state index contributed by atoms with van der Waals surface area (Å²) in [4.78, 5) is 27.2. The lowest BCUT2D eigenvalue weighted by molar-refractivity contribution is -0.140. The van der Waals surface area contributed by atoms with Crippen LogP contribution < -0.4 is 5.32 Å². The van der Waals surface area contributed by atoms with Crippen molar-refractivity contribution >= 4 is 11.8 Å². The van der Waals surface area contributed by atoms with Crippen LogP contribution in [-0.4, -0.2) is 28.8 Å². The Morgan fingerprint density at radius 2 is 1.71 bits per heavy atom. The van der Waals surface area contributed by atoms with E-state index in [0.717, 1.165) is 16.7 Å². The molecule has 1 N–H and O–H groups in total. The number of carbonyl (C=O) groups excluding carboxylic acids is 2. The Bertz CT molecular complexity index is 848. The quantitative estimate of drug-likeness (QED) is 0.786. The van der Waals surface area contributed by atoms with Crippen LogP contribution in [0.5, 0.6) is 0 Å². The molecule has 2 rings (SSSR count). The number of hydrogen-bond acceptors (Lipinski definition) is 2. The minimum Gasteiger partial charge on any atom is -0.352 e. The number of aryl methyl sites for hydroxylation is 2. The Hall–Kier alpha value is -2.69. The van der Waals surface area contributed by atoms with Gasteiger partial charge in [0, 0.05) is 18.2 Å². The van der Waals surface area contributed by atoms with Crippen LogP contribution in [0.2, 0.25) is 0 Å². The Kier molecular flexibility index (Phi) is 7.32. The molecule has 2 aromatic rings. The molecule has 0 saturated carbocycles. The van der Waals surface area contributed by atoms with Gasteiger partial charge in [-0.05, 0) is 51.8 Å². The third-order valence-electron chi connectivity index (χ3n) is 4.74. The van der Waals surface area contributed by atoms with Crippen LogP contribution in [0.15, 0.2) is 42.5 Å². The lowest BCUT2D eigenvalue weighted by Gasteiger charge is -2.30. The fourth-order valence-electron chi connectivity index (χ4n) is 3.05. The Balaban J connectivity index is 2.30. The van der Waals surface area contributed by atoms with E-state index in [1.165, 1.54) is 11.0 Å². The van der Waals surface area contributed by atoms with Gasteiger partial charge in [-0.15, -0.1) is 0 Å². The normalized spacial score (nSPS) is 12.0. The average molecular weight is 384 g/mol. The van der Waals surface area contributed by atoms with E-state index in [2.05, 4.69) is 5.32 Å². The standard InChI is InChI=1S/C23H29FN2O2/c1-15(2)25-23(28)18(5)26(14-19-8-6-7-9-21(19)24)22(27)13-20-12-16(3)10-11-17(20)4/h6-12,15,18H,13-14H2,1-5H3,(H,25,28)/t18-/m0/s1. The third kappa shape index (κ3) is 5.65. The van der Waals surface area contributed by atoms with Crippen molar-refractivity contribution in [2.75, 3.05) is 0 Å². The zero-order chi connectivity index (χ0) is 20.8. The molecule has 0 radical (unpaired) electrons. The number of nitrogens with one attached hydrogen (secondary N) is 1. The Labute approximate surface area is 166 Å². The predicted molar refractivity (Wildman–Crippen MR) is 109 cm³/mol. The van der Waals surface area contributed by atoms with E-state index in [0.29, 0.717) is 5.56 Å². The molecule has 0 saturated heterocycles. The van der Waals surface area contributed by atoms with Gasteiger partial charge in [0.15, 0.2) is 0 Å². The smallest absolute Gasteiger partial charge is 0.242 e. The third-order valence-corrected chi connectivity index (χ3v) is 4.74. The van der Waals surface area contributed by atoms with Crippen LogP contribution in [0.1, 0.15) is 43.0 Å². The largest absolute Gasteiger partial charge is 0.352 e. The molecular weight excluding hydrogens is 355 g/mol. The van der Waals surface area contributed by atoms with Crippen molar-refractivity contribution in [3.63, 3.8) is 0 Å². The summed E-state index contributed by atoms with van der Waals surface area (Å²) in [7, 11) is 0. The molecule has 150 valence electrons. The van der Waals surface area contributed by atoms with E-state index in [4.69, 9.17) is 0 Å². The van der Waals surface area contributed by atoms with E-state index in [1.807, 2.05) is 45.9 Å². The van der Waals surface area contributed by atoms with E-state index >= 15 is 0 Å². The van der Waals surface area contributed by atoms with Gasteiger partial charge >= 0.3 is 0 Å².